The number of aromatic nitrogens is 2. The second-order valence-electron chi connectivity index (χ2n) is 5.99. The maximum atomic E-state index is 12.8. The van der Waals surface area contributed by atoms with Crippen LogP contribution in [0.2, 0.25) is 0 Å². The summed E-state index contributed by atoms with van der Waals surface area (Å²) in [5.41, 5.74) is 0.877. The molecule has 0 unspecified atom stereocenters. The number of carbonyl (C=O) groups is 1. The van der Waals surface area contributed by atoms with Crippen LogP contribution in [-0.2, 0) is 10.0 Å². The van der Waals surface area contributed by atoms with Gasteiger partial charge < -0.3 is 0 Å². The predicted molar refractivity (Wildman–Crippen MR) is 77.7 cm³/mol. The van der Waals surface area contributed by atoms with Crippen LogP contribution >= 0.6 is 0 Å². The van der Waals surface area contributed by atoms with Crippen LogP contribution in [0.1, 0.15) is 48.3 Å². The summed E-state index contributed by atoms with van der Waals surface area (Å²) in [5.74, 6) is -0.0516. The monoisotopic (exact) mass is 311 g/mol. The van der Waals surface area contributed by atoms with Crippen LogP contribution in [0.4, 0.5) is 0 Å². The maximum absolute atomic E-state index is 12.8. The first-order valence-electron chi connectivity index (χ1n) is 7.53. The number of nitrogens with zero attached hydrogens (tertiary/aromatic N) is 3. The molecule has 0 radical (unpaired) electrons. The predicted octanol–water partition coefficient (Wildman–Crippen LogP) is 1.72. The second kappa shape index (κ2) is 5.21. The third-order valence-electron chi connectivity index (χ3n) is 4.27. The average molecular weight is 311 g/mol. The van der Waals surface area contributed by atoms with E-state index in [0.29, 0.717) is 24.5 Å². The van der Waals surface area contributed by atoms with Crippen molar-refractivity contribution in [3.05, 3.63) is 11.4 Å². The van der Waals surface area contributed by atoms with Gasteiger partial charge >= 0.3 is 0 Å². The van der Waals surface area contributed by atoms with Gasteiger partial charge in [-0.25, -0.2) is 13.1 Å². The van der Waals surface area contributed by atoms with Crippen LogP contribution in [0, 0.1) is 19.8 Å². The Labute approximate surface area is 125 Å². The quantitative estimate of drug-likeness (QED) is 0.852. The summed E-state index contributed by atoms with van der Waals surface area (Å²) < 4.78 is 28.4. The molecule has 1 saturated carbocycles. The molecule has 0 atom stereocenters. The van der Waals surface area contributed by atoms with Gasteiger partial charge in [0.15, 0.2) is 0 Å². The molecule has 2 fully saturated rings. The molecular weight excluding hydrogens is 290 g/mol. The van der Waals surface area contributed by atoms with Crippen LogP contribution in [0.15, 0.2) is 4.90 Å². The van der Waals surface area contributed by atoms with Crippen LogP contribution in [0.3, 0.4) is 0 Å². The number of sulfonamides is 1. The third-order valence-corrected chi connectivity index (χ3v) is 6.42. The standard InChI is InChI=1S/C14H21N3O3S/c1-10-13(21(19,20)16-8-4-3-5-9-16)11(2)17(15-10)14(18)12-6-7-12/h12H,3-9H2,1-2H3. The average Bonchev–Trinajstić information content (AvgIpc) is 3.25. The summed E-state index contributed by atoms with van der Waals surface area (Å²) in [6, 6.07) is 0. The van der Waals surface area contributed by atoms with Gasteiger partial charge in [0.2, 0.25) is 15.9 Å². The maximum Gasteiger partial charge on any atom is 0.250 e. The normalized spacial score (nSPS) is 20.7. The second-order valence-corrected chi connectivity index (χ2v) is 7.86. The largest absolute Gasteiger partial charge is 0.272 e. The molecule has 3 rings (SSSR count). The van der Waals surface area contributed by atoms with Crippen LogP contribution in [-0.4, -0.2) is 41.5 Å². The molecule has 2 heterocycles. The lowest BCUT2D eigenvalue weighted by atomic mass is 10.2. The molecule has 1 aliphatic carbocycles. The zero-order chi connectivity index (χ0) is 15.2. The highest BCUT2D eigenvalue weighted by molar-refractivity contribution is 7.89. The van der Waals surface area contributed by atoms with Crippen LogP contribution in [0.25, 0.3) is 0 Å². The summed E-state index contributed by atoms with van der Waals surface area (Å²) in [7, 11) is -3.54. The minimum Gasteiger partial charge on any atom is -0.272 e. The van der Waals surface area contributed by atoms with E-state index >= 15 is 0 Å². The lowest BCUT2D eigenvalue weighted by molar-refractivity contribution is 0.0866. The number of carbonyl (C=O) groups excluding carboxylic acids is 1. The van der Waals surface area contributed by atoms with Crippen molar-refractivity contribution in [1.82, 2.24) is 14.1 Å². The van der Waals surface area contributed by atoms with E-state index in [1.807, 2.05) is 0 Å². The van der Waals surface area contributed by atoms with Crippen molar-refractivity contribution >= 4 is 15.9 Å². The lowest BCUT2D eigenvalue weighted by Gasteiger charge is -2.25. The summed E-state index contributed by atoms with van der Waals surface area (Å²) in [5, 5.41) is 4.19. The fourth-order valence-corrected chi connectivity index (χ4v) is 4.82. The smallest absolute Gasteiger partial charge is 0.250 e. The Morgan fingerprint density at radius 3 is 2.33 bits per heavy atom. The van der Waals surface area contributed by atoms with Crippen molar-refractivity contribution in [2.75, 3.05) is 13.1 Å². The van der Waals surface area contributed by atoms with Gasteiger partial charge in [0.05, 0.1) is 11.4 Å². The number of hydrogen-bond acceptors (Lipinski definition) is 4. The molecule has 6 nitrogen and oxygen atoms in total. The summed E-state index contributed by atoms with van der Waals surface area (Å²) >= 11 is 0. The molecule has 0 aromatic carbocycles. The lowest BCUT2D eigenvalue weighted by Crippen LogP contribution is -2.36. The minimum absolute atomic E-state index is 0.0218. The third kappa shape index (κ3) is 2.53. The van der Waals surface area contributed by atoms with Crippen LogP contribution in [0.5, 0.6) is 0 Å². The molecule has 1 aromatic heterocycles. The fraction of sp³-hybridized carbons (Fsp3) is 0.714. The molecule has 21 heavy (non-hydrogen) atoms. The van der Waals surface area contributed by atoms with Gasteiger partial charge in [-0.05, 0) is 39.5 Å². The van der Waals surface area contributed by atoms with Gasteiger partial charge in [0.1, 0.15) is 4.90 Å². The summed E-state index contributed by atoms with van der Waals surface area (Å²) in [6.07, 6.45) is 4.62. The Kier molecular flexibility index (Phi) is 3.65. The van der Waals surface area contributed by atoms with E-state index in [2.05, 4.69) is 5.10 Å². The fourth-order valence-electron chi connectivity index (χ4n) is 2.95. The van der Waals surface area contributed by atoms with Crippen molar-refractivity contribution in [1.29, 1.82) is 0 Å². The highest BCUT2D eigenvalue weighted by Crippen LogP contribution is 2.32. The topological polar surface area (TPSA) is 72.3 Å². The zero-order valence-electron chi connectivity index (χ0n) is 12.5. The Morgan fingerprint density at radius 2 is 1.76 bits per heavy atom. The van der Waals surface area contributed by atoms with E-state index < -0.39 is 10.0 Å². The van der Waals surface area contributed by atoms with Gasteiger partial charge in [0.25, 0.3) is 0 Å². The number of aryl methyl sites for hydroxylation is 1. The Hall–Kier alpha value is -1.21. The first-order chi connectivity index (χ1) is 9.93. The van der Waals surface area contributed by atoms with E-state index in [-0.39, 0.29) is 16.7 Å². The van der Waals surface area contributed by atoms with Crippen molar-refractivity contribution in [2.24, 2.45) is 5.92 Å². The van der Waals surface area contributed by atoms with Crippen molar-refractivity contribution in [3.63, 3.8) is 0 Å². The van der Waals surface area contributed by atoms with Gasteiger partial charge in [0, 0.05) is 19.0 Å². The minimum atomic E-state index is -3.54. The number of rotatable bonds is 3. The molecule has 0 amide bonds. The van der Waals surface area contributed by atoms with Gasteiger partial charge in [-0.3, -0.25) is 4.79 Å². The molecule has 116 valence electrons. The molecule has 1 aromatic rings. The number of piperidine rings is 1. The van der Waals surface area contributed by atoms with Crippen molar-refractivity contribution in [3.8, 4) is 0 Å². The van der Waals surface area contributed by atoms with E-state index in [9.17, 15) is 13.2 Å². The van der Waals surface area contributed by atoms with Crippen molar-refractivity contribution in [2.45, 2.75) is 50.8 Å². The number of hydrogen-bond donors (Lipinski definition) is 0. The Bertz CT molecular complexity index is 668. The Balaban J connectivity index is 1.99. The van der Waals surface area contributed by atoms with Crippen LogP contribution < -0.4 is 0 Å². The van der Waals surface area contributed by atoms with Gasteiger partial charge in [-0.1, -0.05) is 6.42 Å². The Morgan fingerprint density at radius 1 is 1.14 bits per heavy atom. The SMILES string of the molecule is Cc1nn(C(=O)C2CC2)c(C)c1S(=O)(=O)N1CCCCC1. The highest BCUT2D eigenvalue weighted by atomic mass is 32.2. The van der Waals surface area contributed by atoms with E-state index in [4.69, 9.17) is 0 Å². The van der Waals surface area contributed by atoms with Gasteiger partial charge in [-0.15, -0.1) is 0 Å². The summed E-state index contributed by atoms with van der Waals surface area (Å²) in [4.78, 5) is 12.4. The van der Waals surface area contributed by atoms with Gasteiger partial charge in [-0.2, -0.15) is 9.40 Å². The molecule has 1 saturated heterocycles. The van der Waals surface area contributed by atoms with Crippen molar-refractivity contribution < 1.29 is 13.2 Å². The zero-order valence-corrected chi connectivity index (χ0v) is 13.3. The summed E-state index contributed by atoms with van der Waals surface area (Å²) in [6.45, 7) is 4.46. The first kappa shape index (κ1) is 14.7. The molecule has 7 heteroatoms. The first-order valence-corrected chi connectivity index (χ1v) is 8.97. The highest BCUT2D eigenvalue weighted by Gasteiger charge is 2.36. The molecular formula is C14H21N3O3S. The molecule has 0 spiro atoms. The van der Waals surface area contributed by atoms with E-state index in [1.165, 1.54) is 8.99 Å². The molecule has 1 aliphatic heterocycles. The van der Waals surface area contributed by atoms with E-state index in [1.54, 1.807) is 13.8 Å². The molecule has 0 bridgehead atoms. The van der Waals surface area contributed by atoms with E-state index in [0.717, 1.165) is 32.1 Å². The molecule has 2 aliphatic rings. The molecule has 0 N–H and O–H groups in total.